The van der Waals surface area contributed by atoms with Gasteiger partial charge in [-0.2, -0.15) is 0 Å². The lowest BCUT2D eigenvalue weighted by Crippen LogP contribution is -2.22. The molecule has 114 valence electrons. The Kier molecular flexibility index (Phi) is 6.90. The average Bonchev–Trinajstić information content (AvgIpc) is 2.43. The van der Waals surface area contributed by atoms with Crippen LogP contribution >= 0.6 is 0 Å². The molecule has 20 heavy (non-hydrogen) atoms. The number of hydrogen-bond donors (Lipinski definition) is 2. The number of anilines is 1. The Morgan fingerprint density at radius 2 is 1.90 bits per heavy atom. The van der Waals surface area contributed by atoms with Crippen LogP contribution in [0.5, 0.6) is 0 Å². The quantitative estimate of drug-likeness (QED) is 0.672. The molecule has 0 saturated heterocycles. The zero-order chi connectivity index (χ0) is 15.0. The molecule has 0 radical (unpaired) electrons. The fraction of sp³-hybridized carbons (Fsp3) is 0.615. The van der Waals surface area contributed by atoms with E-state index >= 15 is 0 Å². The van der Waals surface area contributed by atoms with Crippen LogP contribution in [0.4, 0.5) is 5.82 Å². The highest BCUT2D eigenvalue weighted by Crippen LogP contribution is 2.13. The molecule has 7 heteroatoms. The lowest BCUT2D eigenvalue weighted by Gasteiger charge is -2.11. The summed E-state index contributed by atoms with van der Waals surface area (Å²) in [5.74, 6) is 0.671. The number of nitrogens with one attached hydrogen (secondary N) is 1. The number of pyridine rings is 1. The maximum atomic E-state index is 11.8. The van der Waals surface area contributed by atoms with Gasteiger partial charge in [0.15, 0.2) is 0 Å². The van der Waals surface area contributed by atoms with Gasteiger partial charge in [-0.25, -0.2) is 17.7 Å². The summed E-state index contributed by atoms with van der Waals surface area (Å²) < 4.78 is 24.9. The third-order valence-corrected chi connectivity index (χ3v) is 4.70. The third kappa shape index (κ3) is 5.07. The van der Waals surface area contributed by atoms with E-state index in [2.05, 4.69) is 10.3 Å². The Hall–Kier alpha value is -1.18. The van der Waals surface area contributed by atoms with Gasteiger partial charge in [0.2, 0.25) is 10.0 Å². The van der Waals surface area contributed by atoms with E-state index in [0.29, 0.717) is 5.82 Å². The van der Waals surface area contributed by atoms with Crippen LogP contribution in [0, 0.1) is 0 Å². The molecule has 1 aromatic rings. The van der Waals surface area contributed by atoms with Crippen molar-refractivity contribution in [2.75, 3.05) is 32.6 Å². The minimum Gasteiger partial charge on any atom is -0.396 e. The standard InChI is InChI=1S/C13H23N3O3S/c1-16(2)20(18,19)12-7-8-13(15-11-12)14-9-5-3-4-6-10-17/h7-8,11,17H,3-6,9-10H2,1-2H3,(H,14,15). The molecule has 0 bridgehead atoms. The van der Waals surface area contributed by atoms with Gasteiger partial charge >= 0.3 is 0 Å². The van der Waals surface area contributed by atoms with Gasteiger partial charge in [-0.05, 0) is 25.0 Å². The predicted molar refractivity (Wildman–Crippen MR) is 79.2 cm³/mol. The Labute approximate surface area is 120 Å². The lowest BCUT2D eigenvalue weighted by molar-refractivity contribution is 0.283. The van der Waals surface area contributed by atoms with E-state index in [9.17, 15) is 8.42 Å². The topological polar surface area (TPSA) is 82.5 Å². The zero-order valence-corrected chi connectivity index (χ0v) is 12.9. The normalized spacial score (nSPS) is 11.8. The summed E-state index contributed by atoms with van der Waals surface area (Å²) in [4.78, 5) is 4.30. The van der Waals surface area contributed by atoms with Crippen LogP contribution in [0.3, 0.4) is 0 Å². The fourth-order valence-electron chi connectivity index (χ4n) is 1.66. The van der Waals surface area contributed by atoms with Crippen LogP contribution in [0.25, 0.3) is 0 Å². The Bertz CT molecular complexity index is 486. The van der Waals surface area contributed by atoms with Crippen LogP contribution in [0.2, 0.25) is 0 Å². The molecule has 0 aliphatic heterocycles. The molecule has 2 N–H and O–H groups in total. The van der Waals surface area contributed by atoms with Crippen molar-refractivity contribution in [3.05, 3.63) is 18.3 Å². The average molecular weight is 301 g/mol. The van der Waals surface area contributed by atoms with Gasteiger partial charge < -0.3 is 10.4 Å². The van der Waals surface area contributed by atoms with E-state index in [1.165, 1.54) is 20.3 Å². The van der Waals surface area contributed by atoms with Crippen LogP contribution in [-0.2, 0) is 10.0 Å². The van der Waals surface area contributed by atoms with Crippen molar-refractivity contribution in [3.63, 3.8) is 0 Å². The maximum Gasteiger partial charge on any atom is 0.244 e. The second-order valence-electron chi connectivity index (χ2n) is 4.73. The number of sulfonamides is 1. The summed E-state index contributed by atoms with van der Waals surface area (Å²) in [7, 11) is -0.422. The molecule has 1 heterocycles. The number of unbranched alkanes of at least 4 members (excludes halogenated alkanes) is 3. The minimum atomic E-state index is -3.41. The molecule has 0 saturated carbocycles. The van der Waals surface area contributed by atoms with Gasteiger partial charge in [-0.1, -0.05) is 12.8 Å². The van der Waals surface area contributed by atoms with Crippen molar-refractivity contribution in [3.8, 4) is 0 Å². The predicted octanol–water partition coefficient (Wildman–Crippen LogP) is 1.30. The van der Waals surface area contributed by atoms with E-state index in [4.69, 9.17) is 5.11 Å². The molecule has 0 aromatic carbocycles. The third-order valence-electron chi connectivity index (χ3n) is 2.91. The molecular weight excluding hydrogens is 278 g/mol. The SMILES string of the molecule is CN(C)S(=O)(=O)c1ccc(NCCCCCCO)nc1. The summed E-state index contributed by atoms with van der Waals surface area (Å²) in [5.41, 5.74) is 0. The van der Waals surface area contributed by atoms with E-state index in [0.717, 1.165) is 36.5 Å². The Balaban J connectivity index is 2.44. The van der Waals surface area contributed by atoms with Crippen molar-refractivity contribution in [1.82, 2.24) is 9.29 Å². The van der Waals surface area contributed by atoms with Crippen molar-refractivity contribution in [1.29, 1.82) is 0 Å². The highest BCUT2D eigenvalue weighted by atomic mass is 32.2. The van der Waals surface area contributed by atoms with Crippen molar-refractivity contribution >= 4 is 15.8 Å². The van der Waals surface area contributed by atoms with E-state index in [1.807, 2.05) is 0 Å². The number of rotatable bonds is 9. The molecule has 1 aromatic heterocycles. The first-order valence-corrected chi connectivity index (χ1v) is 8.16. The highest BCUT2D eigenvalue weighted by Gasteiger charge is 2.17. The van der Waals surface area contributed by atoms with Gasteiger partial charge in [-0.15, -0.1) is 0 Å². The van der Waals surface area contributed by atoms with Gasteiger partial charge in [0.25, 0.3) is 0 Å². The lowest BCUT2D eigenvalue weighted by atomic mass is 10.2. The molecule has 0 atom stereocenters. The highest BCUT2D eigenvalue weighted by molar-refractivity contribution is 7.89. The summed E-state index contributed by atoms with van der Waals surface area (Å²) in [6, 6.07) is 3.22. The zero-order valence-electron chi connectivity index (χ0n) is 12.0. The van der Waals surface area contributed by atoms with Crippen LogP contribution in [0.15, 0.2) is 23.2 Å². The van der Waals surface area contributed by atoms with E-state index in [-0.39, 0.29) is 11.5 Å². The Morgan fingerprint density at radius 3 is 2.45 bits per heavy atom. The van der Waals surface area contributed by atoms with Gasteiger partial charge in [0.05, 0.1) is 0 Å². The van der Waals surface area contributed by atoms with Gasteiger partial charge in [0.1, 0.15) is 10.7 Å². The second-order valence-corrected chi connectivity index (χ2v) is 6.88. The summed E-state index contributed by atoms with van der Waals surface area (Å²) in [6.07, 6.45) is 5.28. The van der Waals surface area contributed by atoms with E-state index in [1.54, 1.807) is 12.1 Å². The molecule has 0 amide bonds. The first-order valence-electron chi connectivity index (χ1n) is 6.72. The molecule has 0 unspecified atom stereocenters. The largest absolute Gasteiger partial charge is 0.396 e. The molecular formula is C13H23N3O3S. The number of nitrogens with zero attached hydrogens (tertiary/aromatic N) is 2. The molecule has 0 aliphatic rings. The number of aliphatic hydroxyl groups is 1. The molecule has 0 fully saturated rings. The van der Waals surface area contributed by atoms with Crippen molar-refractivity contribution in [2.24, 2.45) is 0 Å². The smallest absolute Gasteiger partial charge is 0.244 e. The molecule has 0 spiro atoms. The molecule has 1 rings (SSSR count). The number of aliphatic hydroxyl groups excluding tert-OH is 1. The first-order chi connectivity index (χ1) is 9.48. The van der Waals surface area contributed by atoms with Crippen LogP contribution in [-0.4, -0.2) is 50.1 Å². The molecule has 6 nitrogen and oxygen atoms in total. The number of aromatic nitrogens is 1. The minimum absolute atomic E-state index is 0.191. The summed E-state index contributed by atoms with van der Waals surface area (Å²) >= 11 is 0. The second kappa shape index (κ2) is 8.18. The van der Waals surface area contributed by atoms with Crippen molar-refractivity contribution in [2.45, 2.75) is 30.6 Å². The van der Waals surface area contributed by atoms with Crippen LogP contribution < -0.4 is 5.32 Å². The monoisotopic (exact) mass is 301 g/mol. The first kappa shape index (κ1) is 16.9. The maximum absolute atomic E-state index is 11.8. The van der Waals surface area contributed by atoms with Crippen LogP contribution in [0.1, 0.15) is 25.7 Å². The van der Waals surface area contributed by atoms with Gasteiger partial charge in [-0.3, -0.25) is 0 Å². The van der Waals surface area contributed by atoms with Gasteiger partial charge in [0, 0.05) is 33.4 Å². The number of hydrogen-bond acceptors (Lipinski definition) is 5. The Morgan fingerprint density at radius 1 is 1.20 bits per heavy atom. The molecule has 0 aliphatic carbocycles. The fourth-order valence-corrected chi connectivity index (χ4v) is 2.50. The van der Waals surface area contributed by atoms with Crippen molar-refractivity contribution < 1.29 is 13.5 Å². The summed E-state index contributed by atoms with van der Waals surface area (Å²) in [6.45, 7) is 1.04. The van der Waals surface area contributed by atoms with E-state index < -0.39 is 10.0 Å². The summed E-state index contributed by atoms with van der Waals surface area (Å²) in [5, 5.41) is 11.8.